The van der Waals surface area contributed by atoms with Crippen LogP contribution in [0.1, 0.15) is 39.5 Å². The van der Waals surface area contributed by atoms with Crippen LogP contribution in [0.3, 0.4) is 0 Å². The van der Waals surface area contributed by atoms with E-state index in [4.69, 9.17) is 0 Å². The van der Waals surface area contributed by atoms with Gasteiger partial charge in [-0.15, -0.1) is 0 Å². The van der Waals surface area contributed by atoms with Crippen molar-refractivity contribution in [2.75, 3.05) is 31.1 Å². The number of piperazine rings is 1. The summed E-state index contributed by atoms with van der Waals surface area (Å²) in [7, 11) is 0. The molecule has 1 atom stereocenters. The molecule has 124 valence electrons. The van der Waals surface area contributed by atoms with E-state index in [9.17, 15) is 0 Å². The molecule has 23 heavy (non-hydrogen) atoms. The Morgan fingerprint density at radius 2 is 1.78 bits per heavy atom. The third-order valence-corrected chi connectivity index (χ3v) is 5.39. The standard InChI is InChI=1S/C21H30N2/c1-3-8-19-9-7-12-21(17-18(19)2)23-15-13-22(14-16-23)20-10-5-4-6-11-20/h3-6,8,10-11,21H,7,9,12-17H2,1-2H3/b8-3-. The Bertz CT molecular complexity index is 550. The quantitative estimate of drug-likeness (QED) is 0.802. The lowest BCUT2D eigenvalue weighted by Gasteiger charge is -2.40. The minimum absolute atomic E-state index is 0.746. The lowest BCUT2D eigenvalue weighted by molar-refractivity contribution is 0.174. The molecule has 3 rings (SSSR count). The van der Waals surface area contributed by atoms with Gasteiger partial charge in [-0.25, -0.2) is 0 Å². The fourth-order valence-electron chi connectivity index (χ4n) is 4.05. The zero-order chi connectivity index (χ0) is 16.1. The molecule has 1 aromatic rings. The average Bonchev–Trinajstić information content (AvgIpc) is 2.78. The minimum Gasteiger partial charge on any atom is -0.369 e. The highest BCUT2D eigenvalue weighted by molar-refractivity contribution is 5.46. The van der Waals surface area contributed by atoms with Gasteiger partial charge in [0.25, 0.3) is 0 Å². The predicted octanol–water partition coefficient (Wildman–Crippen LogP) is 4.64. The summed E-state index contributed by atoms with van der Waals surface area (Å²) in [5.74, 6) is 0. The van der Waals surface area contributed by atoms with Crippen LogP contribution in [0.25, 0.3) is 0 Å². The predicted molar refractivity (Wildman–Crippen MR) is 100.0 cm³/mol. The maximum Gasteiger partial charge on any atom is 0.0367 e. The summed E-state index contributed by atoms with van der Waals surface area (Å²) in [6.07, 6.45) is 9.72. The molecular formula is C21H30N2. The van der Waals surface area contributed by atoms with Crippen molar-refractivity contribution in [1.82, 2.24) is 4.90 Å². The molecule has 2 aliphatic rings. The first-order valence-corrected chi connectivity index (χ1v) is 9.13. The molecule has 1 fully saturated rings. The Kier molecular flexibility index (Phi) is 5.56. The van der Waals surface area contributed by atoms with Gasteiger partial charge in [0, 0.05) is 37.9 Å². The Morgan fingerprint density at radius 1 is 1.04 bits per heavy atom. The highest BCUT2D eigenvalue weighted by atomic mass is 15.3. The Balaban J connectivity index is 1.59. The molecule has 1 heterocycles. The van der Waals surface area contributed by atoms with Gasteiger partial charge in [-0.2, -0.15) is 0 Å². The lowest BCUT2D eigenvalue weighted by Crippen LogP contribution is -2.50. The number of para-hydroxylation sites is 1. The number of nitrogens with zero attached hydrogens (tertiary/aromatic N) is 2. The third-order valence-electron chi connectivity index (χ3n) is 5.39. The molecule has 0 saturated carbocycles. The van der Waals surface area contributed by atoms with Gasteiger partial charge in [0.05, 0.1) is 0 Å². The molecule has 0 spiro atoms. The van der Waals surface area contributed by atoms with E-state index in [2.05, 4.69) is 66.1 Å². The fraction of sp³-hybridized carbons (Fsp3) is 0.524. The van der Waals surface area contributed by atoms with Gasteiger partial charge in [-0.05, 0) is 57.2 Å². The first kappa shape index (κ1) is 16.3. The van der Waals surface area contributed by atoms with E-state index in [-0.39, 0.29) is 0 Å². The van der Waals surface area contributed by atoms with Crippen LogP contribution in [0.2, 0.25) is 0 Å². The molecule has 0 N–H and O–H groups in total. The van der Waals surface area contributed by atoms with E-state index in [0.29, 0.717) is 0 Å². The summed E-state index contributed by atoms with van der Waals surface area (Å²) in [6, 6.07) is 11.6. The summed E-state index contributed by atoms with van der Waals surface area (Å²) in [4.78, 5) is 5.27. The number of allylic oxidation sites excluding steroid dienone is 3. The van der Waals surface area contributed by atoms with Crippen LogP contribution >= 0.6 is 0 Å². The van der Waals surface area contributed by atoms with Gasteiger partial charge in [-0.3, -0.25) is 4.90 Å². The molecule has 0 aromatic heterocycles. The highest BCUT2D eigenvalue weighted by Crippen LogP contribution is 2.28. The van der Waals surface area contributed by atoms with Crippen molar-refractivity contribution >= 4 is 5.69 Å². The van der Waals surface area contributed by atoms with Crippen LogP contribution in [0.5, 0.6) is 0 Å². The topological polar surface area (TPSA) is 6.48 Å². The maximum atomic E-state index is 2.74. The molecule has 0 radical (unpaired) electrons. The van der Waals surface area contributed by atoms with Gasteiger partial charge in [0.15, 0.2) is 0 Å². The van der Waals surface area contributed by atoms with Crippen molar-refractivity contribution in [3.05, 3.63) is 53.6 Å². The van der Waals surface area contributed by atoms with Crippen molar-refractivity contribution in [3.63, 3.8) is 0 Å². The van der Waals surface area contributed by atoms with Crippen LogP contribution in [0.4, 0.5) is 5.69 Å². The molecule has 1 saturated heterocycles. The summed E-state index contributed by atoms with van der Waals surface area (Å²) in [6.45, 7) is 9.19. The van der Waals surface area contributed by atoms with E-state index in [1.165, 1.54) is 44.5 Å². The van der Waals surface area contributed by atoms with Gasteiger partial charge in [-0.1, -0.05) is 35.9 Å². The highest BCUT2D eigenvalue weighted by Gasteiger charge is 2.25. The van der Waals surface area contributed by atoms with Crippen LogP contribution in [0.15, 0.2) is 53.6 Å². The Hall–Kier alpha value is -1.54. The normalized spacial score (nSPS) is 24.3. The molecule has 1 unspecified atom stereocenters. The van der Waals surface area contributed by atoms with E-state index >= 15 is 0 Å². The van der Waals surface area contributed by atoms with Crippen LogP contribution < -0.4 is 4.90 Å². The third kappa shape index (κ3) is 4.06. The summed E-state index contributed by atoms with van der Waals surface area (Å²) in [5, 5.41) is 0. The van der Waals surface area contributed by atoms with E-state index in [1.807, 2.05) is 0 Å². The summed E-state index contributed by atoms with van der Waals surface area (Å²) >= 11 is 0. The van der Waals surface area contributed by atoms with Gasteiger partial charge >= 0.3 is 0 Å². The smallest absolute Gasteiger partial charge is 0.0367 e. The molecule has 1 aliphatic carbocycles. The van der Waals surface area contributed by atoms with Crippen LogP contribution in [0, 0.1) is 0 Å². The number of hydrogen-bond donors (Lipinski definition) is 0. The molecule has 0 amide bonds. The van der Waals surface area contributed by atoms with Crippen molar-refractivity contribution < 1.29 is 0 Å². The van der Waals surface area contributed by atoms with Crippen molar-refractivity contribution in [2.24, 2.45) is 0 Å². The van der Waals surface area contributed by atoms with Crippen LogP contribution in [-0.2, 0) is 0 Å². The maximum absolute atomic E-state index is 2.74. The number of anilines is 1. The van der Waals surface area contributed by atoms with E-state index in [1.54, 1.807) is 11.1 Å². The van der Waals surface area contributed by atoms with Gasteiger partial charge in [0.2, 0.25) is 0 Å². The first-order chi connectivity index (χ1) is 11.3. The number of hydrogen-bond acceptors (Lipinski definition) is 2. The Labute approximate surface area is 141 Å². The zero-order valence-electron chi connectivity index (χ0n) is 14.7. The zero-order valence-corrected chi connectivity index (χ0v) is 14.7. The molecule has 1 aromatic carbocycles. The van der Waals surface area contributed by atoms with E-state index < -0.39 is 0 Å². The molecular weight excluding hydrogens is 280 g/mol. The van der Waals surface area contributed by atoms with Crippen LogP contribution in [-0.4, -0.2) is 37.1 Å². The molecule has 2 heteroatoms. The van der Waals surface area contributed by atoms with Gasteiger partial charge < -0.3 is 4.90 Å². The molecule has 0 bridgehead atoms. The first-order valence-electron chi connectivity index (χ1n) is 9.13. The van der Waals surface area contributed by atoms with Gasteiger partial charge in [0.1, 0.15) is 0 Å². The monoisotopic (exact) mass is 310 g/mol. The second-order valence-electron chi connectivity index (χ2n) is 6.91. The number of rotatable bonds is 3. The van der Waals surface area contributed by atoms with Crippen molar-refractivity contribution in [2.45, 2.75) is 45.6 Å². The summed E-state index contributed by atoms with van der Waals surface area (Å²) in [5.41, 5.74) is 4.56. The molecule has 1 aliphatic heterocycles. The fourth-order valence-corrected chi connectivity index (χ4v) is 4.05. The van der Waals surface area contributed by atoms with Crippen molar-refractivity contribution in [3.8, 4) is 0 Å². The Morgan fingerprint density at radius 3 is 2.48 bits per heavy atom. The van der Waals surface area contributed by atoms with E-state index in [0.717, 1.165) is 19.1 Å². The van der Waals surface area contributed by atoms with Crippen molar-refractivity contribution in [1.29, 1.82) is 0 Å². The lowest BCUT2D eigenvalue weighted by atomic mass is 10.0. The minimum atomic E-state index is 0.746. The SMILES string of the molecule is C/C=C\C1=C(C)CC(N2CCN(c3ccccc3)CC2)CCC1. The second kappa shape index (κ2) is 7.83. The molecule has 2 nitrogen and oxygen atoms in total. The average molecular weight is 310 g/mol. The largest absolute Gasteiger partial charge is 0.369 e. The summed E-state index contributed by atoms with van der Waals surface area (Å²) < 4.78 is 0. The number of benzene rings is 1. The second-order valence-corrected chi connectivity index (χ2v) is 6.91.